The summed E-state index contributed by atoms with van der Waals surface area (Å²) >= 11 is 0. The molecule has 2 heterocycles. The van der Waals surface area contributed by atoms with Gasteiger partial charge in [-0.25, -0.2) is 0 Å². The molecular weight excluding hydrogens is 314 g/mol. The van der Waals surface area contributed by atoms with E-state index in [1.807, 2.05) is 50.2 Å². The van der Waals surface area contributed by atoms with E-state index in [1.54, 1.807) is 12.3 Å². The highest BCUT2D eigenvalue weighted by Crippen LogP contribution is 2.26. The second kappa shape index (κ2) is 7.66. The fraction of sp³-hybridized carbons (Fsp3) is 0.400. The van der Waals surface area contributed by atoms with Gasteiger partial charge in [-0.3, -0.25) is 9.69 Å². The second-order valence-electron chi connectivity index (χ2n) is 6.80. The Bertz CT molecular complexity index is 739. The van der Waals surface area contributed by atoms with Gasteiger partial charge in [-0.1, -0.05) is 18.2 Å². The molecule has 0 bridgehead atoms. The summed E-state index contributed by atoms with van der Waals surface area (Å²) < 4.78 is 0.966. The van der Waals surface area contributed by atoms with Crippen molar-refractivity contribution in [2.24, 2.45) is 0 Å². The molecule has 1 aliphatic heterocycles. The van der Waals surface area contributed by atoms with E-state index in [0.717, 1.165) is 47.6 Å². The van der Waals surface area contributed by atoms with E-state index in [9.17, 15) is 10.0 Å². The molecule has 0 spiro atoms. The minimum Gasteiger partial charge on any atom is -0.618 e. The molecule has 1 unspecified atom stereocenters. The Labute approximate surface area is 148 Å². The quantitative estimate of drug-likeness (QED) is 0.688. The second-order valence-corrected chi connectivity index (χ2v) is 6.80. The third-order valence-electron chi connectivity index (χ3n) is 5.01. The van der Waals surface area contributed by atoms with Gasteiger partial charge in [-0.05, 0) is 57.5 Å². The monoisotopic (exact) mass is 339 g/mol. The first-order valence-electron chi connectivity index (χ1n) is 8.84. The molecule has 0 aliphatic carbocycles. The largest absolute Gasteiger partial charge is 0.618 e. The highest BCUT2D eigenvalue weighted by atomic mass is 16.5. The molecule has 3 rings (SSSR count). The van der Waals surface area contributed by atoms with Gasteiger partial charge >= 0.3 is 0 Å². The van der Waals surface area contributed by atoms with Gasteiger partial charge in [0.05, 0.1) is 6.04 Å². The van der Waals surface area contributed by atoms with Crippen molar-refractivity contribution in [1.82, 2.24) is 4.90 Å². The van der Waals surface area contributed by atoms with E-state index in [2.05, 4.69) is 10.2 Å². The highest BCUT2D eigenvalue weighted by molar-refractivity contribution is 5.94. The summed E-state index contributed by atoms with van der Waals surface area (Å²) in [5, 5.41) is 14.9. The molecule has 5 nitrogen and oxygen atoms in total. The van der Waals surface area contributed by atoms with Crippen LogP contribution in [0, 0.1) is 12.1 Å². The normalized spacial score (nSPS) is 17.2. The molecule has 132 valence electrons. The summed E-state index contributed by atoms with van der Waals surface area (Å²) in [6.45, 7) is 5.60. The topological polar surface area (TPSA) is 59.3 Å². The molecule has 5 heteroatoms. The van der Waals surface area contributed by atoms with Crippen LogP contribution in [0.25, 0.3) is 0 Å². The molecule has 1 saturated heterocycles. The van der Waals surface area contributed by atoms with Crippen LogP contribution in [0.4, 0.5) is 5.69 Å². The minimum absolute atomic E-state index is 0.0163. The van der Waals surface area contributed by atoms with Crippen molar-refractivity contribution < 1.29 is 9.52 Å². The Morgan fingerprint density at radius 1 is 1.24 bits per heavy atom. The average Bonchev–Trinajstić information content (AvgIpc) is 2.62. The zero-order chi connectivity index (χ0) is 17.8. The van der Waals surface area contributed by atoms with Crippen molar-refractivity contribution in [3.05, 3.63) is 65.1 Å². The average molecular weight is 339 g/mol. The number of likely N-dealkylation sites (tertiary alicyclic amines) is 1. The number of nitrogens with zero attached hydrogens (tertiary/aromatic N) is 2. The van der Waals surface area contributed by atoms with Crippen LogP contribution in [-0.2, 0) is 4.79 Å². The van der Waals surface area contributed by atoms with Gasteiger partial charge in [-0.2, -0.15) is 4.73 Å². The number of nitrogens with one attached hydrogen (secondary N) is 1. The molecule has 0 saturated carbocycles. The smallest absolute Gasteiger partial charge is 0.241 e. The summed E-state index contributed by atoms with van der Waals surface area (Å²) in [5.74, 6) is 0.282. The van der Waals surface area contributed by atoms with Gasteiger partial charge in [0.25, 0.3) is 0 Å². The first-order chi connectivity index (χ1) is 12.0. The van der Waals surface area contributed by atoms with Crippen LogP contribution >= 0.6 is 0 Å². The predicted molar refractivity (Wildman–Crippen MR) is 98.2 cm³/mol. The van der Waals surface area contributed by atoms with Gasteiger partial charge in [0.15, 0.2) is 11.9 Å². The molecule has 1 atom stereocenters. The minimum atomic E-state index is -0.184. The molecule has 1 fully saturated rings. The van der Waals surface area contributed by atoms with Gasteiger partial charge in [0.2, 0.25) is 5.91 Å². The fourth-order valence-electron chi connectivity index (χ4n) is 3.48. The van der Waals surface area contributed by atoms with Crippen molar-refractivity contribution >= 4 is 11.6 Å². The maximum atomic E-state index is 12.5. The Balaban J connectivity index is 1.57. The van der Waals surface area contributed by atoms with Crippen molar-refractivity contribution in [2.45, 2.75) is 38.6 Å². The molecule has 1 aliphatic rings. The SMILES string of the molecule is Cc1cccc(NC(=O)C(C)N2CCC(c3cccc[n+]3[O-])CC2)c1. The Kier molecular flexibility index (Phi) is 5.34. The van der Waals surface area contributed by atoms with Crippen LogP contribution in [0.2, 0.25) is 0 Å². The van der Waals surface area contributed by atoms with Crippen molar-refractivity contribution in [1.29, 1.82) is 0 Å². The van der Waals surface area contributed by atoms with E-state index < -0.39 is 0 Å². The number of pyridine rings is 1. The Hall–Kier alpha value is -2.40. The van der Waals surface area contributed by atoms with Crippen LogP contribution in [0.5, 0.6) is 0 Å². The van der Waals surface area contributed by atoms with Crippen LogP contribution < -0.4 is 10.0 Å². The number of piperidine rings is 1. The number of carbonyl (C=O) groups is 1. The van der Waals surface area contributed by atoms with E-state index in [4.69, 9.17) is 0 Å². The summed E-state index contributed by atoms with van der Waals surface area (Å²) in [6, 6.07) is 13.2. The van der Waals surface area contributed by atoms with Crippen molar-refractivity contribution in [3.63, 3.8) is 0 Å². The summed E-state index contributed by atoms with van der Waals surface area (Å²) in [5.41, 5.74) is 2.79. The molecule has 1 aromatic carbocycles. The van der Waals surface area contributed by atoms with Gasteiger partial charge in [-0.15, -0.1) is 0 Å². The maximum Gasteiger partial charge on any atom is 0.241 e. The number of benzene rings is 1. The lowest BCUT2D eigenvalue weighted by Gasteiger charge is -2.34. The zero-order valence-corrected chi connectivity index (χ0v) is 14.8. The number of aryl methyl sites for hydroxylation is 1. The lowest BCUT2D eigenvalue weighted by Crippen LogP contribution is -2.46. The van der Waals surface area contributed by atoms with Gasteiger partial charge in [0, 0.05) is 23.7 Å². The fourth-order valence-corrected chi connectivity index (χ4v) is 3.48. The van der Waals surface area contributed by atoms with Crippen molar-refractivity contribution in [3.8, 4) is 0 Å². The first kappa shape index (κ1) is 17.4. The lowest BCUT2D eigenvalue weighted by atomic mass is 9.92. The third kappa shape index (κ3) is 4.17. The van der Waals surface area contributed by atoms with Crippen molar-refractivity contribution in [2.75, 3.05) is 18.4 Å². The van der Waals surface area contributed by atoms with Crippen LogP contribution in [0.1, 0.15) is 36.9 Å². The summed E-state index contributed by atoms with van der Waals surface area (Å²) in [7, 11) is 0. The van der Waals surface area contributed by atoms with Crippen LogP contribution in [-0.4, -0.2) is 29.9 Å². The number of carbonyl (C=O) groups excluding carboxylic acids is 1. The van der Waals surface area contributed by atoms with Gasteiger partial charge < -0.3 is 10.5 Å². The van der Waals surface area contributed by atoms with Crippen LogP contribution in [0.15, 0.2) is 48.7 Å². The molecule has 25 heavy (non-hydrogen) atoms. The number of hydrogen-bond donors (Lipinski definition) is 1. The molecule has 0 radical (unpaired) electrons. The summed E-state index contributed by atoms with van der Waals surface area (Å²) in [6.07, 6.45) is 3.35. The number of anilines is 1. The number of hydrogen-bond acceptors (Lipinski definition) is 3. The standard InChI is InChI=1S/C20H25N3O2/c1-15-6-5-7-18(14-15)21-20(24)16(2)22-12-9-17(10-13-22)19-8-3-4-11-23(19)25/h3-8,11,14,16-17H,9-10,12-13H2,1-2H3,(H,21,24). The number of rotatable bonds is 4. The molecule has 1 N–H and O–H groups in total. The summed E-state index contributed by atoms with van der Waals surface area (Å²) in [4.78, 5) is 14.7. The molecule has 1 amide bonds. The number of amides is 1. The molecular formula is C20H25N3O2. The predicted octanol–water partition coefficient (Wildman–Crippen LogP) is 2.84. The van der Waals surface area contributed by atoms with Crippen LogP contribution in [0.3, 0.4) is 0 Å². The number of aromatic nitrogens is 1. The van der Waals surface area contributed by atoms with E-state index in [-0.39, 0.29) is 17.9 Å². The lowest BCUT2D eigenvalue weighted by molar-refractivity contribution is -0.616. The Morgan fingerprint density at radius 3 is 2.68 bits per heavy atom. The highest BCUT2D eigenvalue weighted by Gasteiger charge is 2.30. The Morgan fingerprint density at radius 2 is 2.00 bits per heavy atom. The molecule has 1 aromatic heterocycles. The molecule has 2 aromatic rings. The maximum absolute atomic E-state index is 12.5. The van der Waals surface area contributed by atoms with E-state index in [1.165, 1.54) is 0 Å². The zero-order valence-electron chi connectivity index (χ0n) is 14.8. The van der Waals surface area contributed by atoms with E-state index in [0.29, 0.717) is 0 Å². The van der Waals surface area contributed by atoms with E-state index >= 15 is 0 Å². The third-order valence-corrected chi connectivity index (χ3v) is 5.01. The van der Waals surface area contributed by atoms with Gasteiger partial charge in [0.1, 0.15) is 0 Å². The first-order valence-corrected chi connectivity index (χ1v) is 8.84.